The van der Waals surface area contributed by atoms with E-state index in [1.54, 1.807) is 31.2 Å². The molecule has 2 aromatic carbocycles. The normalized spacial score (nSPS) is 15.2. The first-order valence-corrected chi connectivity index (χ1v) is 9.75. The van der Waals surface area contributed by atoms with Gasteiger partial charge in [0.15, 0.2) is 11.4 Å². The highest BCUT2D eigenvalue weighted by molar-refractivity contribution is 6.01. The summed E-state index contributed by atoms with van der Waals surface area (Å²) in [5, 5.41) is 9.69. The summed E-state index contributed by atoms with van der Waals surface area (Å²) < 4.78 is 1.44. The van der Waals surface area contributed by atoms with Gasteiger partial charge in [-0.05, 0) is 43.5 Å². The van der Waals surface area contributed by atoms with Gasteiger partial charge in [-0.1, -0.05) is 30.3 Å². The van der Waals surface area contributed by atoms with Gasteiger partial charge >= 0.3 is 0 Å². The molecule has 31 heavy (non-hydrogen) atoms. The van der Waals surface area contributed by atoms with Gasteiger partial charge in [0.1, 0.15) is 6.04 Å². The summed E-state index contributed by atoms with van der Waals surface area (Å²) >= 11 is 0. The minimum Gasteiger partial charge on any atom is -0.339 e. The molecule has 0 radical (unpaired) electrons. The second kappa shape index (κ2) is 8.24. The summed E-state index contributed by atoms with van der Waals surface area (Å²) in [5.41, 5.74) is 2.35. The lowest BCUT2D eigenvalue weighted by Crippen LogP contribution is -2.45. The zero-order valence-electron chi connectivity index (χ0n) is 16.8. The smallest absolute Gasteiger partial charge is 0.276 e. The van der Waals surface area contributed by atoms with Crippen molar-refractivity contribution in [3.05, 3.63) is 93.2 Å². The van der Waals surface area contributed by atoms with E-state index in [1.807, 2.05) is 24.3 Å². The molecule has 1 aliphatic rings. The number of aromatic nitrogens is 2. The number of nitrogens with one attached hydrogen (secondary N) is 2. The van der Waals surface area contributed by atoms with Crippen molar-refractivity contribution in [3.63, 3.8) is 0 Å². The molecule has 0 bridgehead atoms. The van der Waals surface area contributed by atoms with Gasteiger partial charge in [-0.15, -0.1) is 0 Å². The van der Waals surface area contributed by atoms with Crippen molar-refractivity contribution in [2.24, 2.45) is 0 Å². The lowest BCUT2D eigenvalue weighted by Gasteiger charge is -2.16. The summed E-state index contributed by atoms with van der Waals surface area (Å²) in [7, 11) is 0. The number of carbonyl (C=O) groups is 2. The van der Waals surface area contributed by atoms with E-state index in [0.29, 0.717) is 29.9 Å². The van der Waals surface area contributed by atoms with Crippen LogP contribution in [0.3, 0.4) is 0 Å². The van der Waals surface area contributed by atoms with Gasteiger partial charge in [0.25, 0.3) is 5.91 Å². The Kier molecular flexibility index (Phi) is 5.33. The molecule has 0 saturated carbocycles. The predicted molar refractivity (Wildman–Crippen MR) is 115 cm³/mol. The van der Waals surface area contributed by atoms with Crippen molar-refractivity contribution < 1.29 is 9.59 Å². The molecule has 0 saturated heterocycles. The van der Waals surface area contributed by atoms with Crippen LogP contribution < -0.4 is 16.1 Å². The fraction of sp³-hybridized carbons (Fsp3) is 0.174. The van der Waals surface area contributed by atoms with E-state index in [4.69, 9.17) is 6.57 Å². The third-order valence-electron chi connectivity index (χ3n) is 5.13. The number of aryl methyl sites for hydroxylation is 2. The van der Waals surface area contributed by atoms with Gasteiger partial charge in [-0.3, -0.25) is 14.4 Å². The maximum absolute atomic E-state index is 12.9. The Balaban J connectivity index is 1.61. The van der Waals surface area contributed by atoms with Crippen molar-refractivity contribution >= 4 is 23.2 Å². The van der Waals surface area contributed by atoms with Crippen LogP contribution in [0.5, 0.6) is 0 Å². The number of hydrogen-bond acceptors (Lipinski definition) is 4. The second-order valence-electron chi connectivity index (χ2n) is 7.25. The van der Waals surface area contributed by atoms with Gasteiger partial charge < -0.3 is 10.6 Å². The number of rotatable bonds is 3. The molecule has 2 amide bonds. The zero-order valence-corrected chi connectivity index (χ0v) is 16.8. The number of benzene rings is 2. The van der Waals surface area contributed by atoms with Crippen molar-refractivity contribution in [2.45, 2.75) is 25.8 Å². The SMILES string of the molecule is [C-]#[N+]c1cccc(-n2nc(C(=O)NC3CCc4ccccc4NC3=O)c(=O)cc2C)c1. The van der Waals surface area contributed by atoms with Crippen molar-refractivity contribution in [1.82, 2.24) is 15.1 Å². The molecule has 1 atom stereocenters. The molecule has 3 aromatic rings. The largest absolute Gasteiger partial charge is 0.339 e. The molecule has 2 heterocycles. The Morgan fingerprint density at radius 3 is 2.81 bits per heavy atom. The summed E-state index contributed by atoms with van der Waals surface area (Å²) in [6.45, 7) is 8.86. The molecule has 0 aliphatic carbocycles. The Labute approximate surface area is 178 Å². The van der Waals surface area contributed by atoms with E-state index in [-0.39, 0.29) is 11.6 Å². The number of nitrogens with zero attached hydrogens (tertiary/aromatic N) is 3. The Morgan fingerprint density at radius 2 is 2.00 bits per heavy atom. The highest BCUT2D eigenvalue weighted by Crippen LogP contribution is 2.22. The fourth-order valence-electron chi connectivity index (χ4n) is 3.54. The van der Waals surface area contributed by atoms with Crippen molar-refractivity contribution in [3.8, 4) is 5.69 Å². The molecule has 1 aromatic heterocycles. The number of anilines is 1. The van der Waals surface area contributed by atoms with Crippen molar-refractivity contribution in [1.29, 1.82) is 0 Å². The lowest BCUT2D eigenvalue weighted by atomic mass is 10.1. The highest BCUT2D eigenvalue weighted by atomic mass is 16.2. The van der Waals surface area contributed by atoms with Crippen LogP contribution in [0.4, 0.5) is 11.4 Å². The third-order valence-corrected chi connectivity index (χ3v) is 5.13. The Morgan fingerprint density at radius 1 is 1.19 bits per heavy atom. The van der Waals surface area contributed by atoms with E-state index < -0.39 is 17.4 Å². The third kappa shape index (κ3) is 4.07. The molecule has 8 nitrogen and oxygen atoms in total. The number of para-hydroxylation sites is 1. The lowest BCUT2D eigenvalue weighted by molar-refractivity contribution is -0.118. The minimum atomic E-state index is -0.790. The van der Waals surface area contributed by atoms with E-state index in [0.717, 1.165) is 11.3 Å². The molecule has 154 valence electrons. The van der Waals surface area contributed by atoms with Crippen LogP contribution in [0, 0.1) is 13.5 Å². The number of amides is 2. The van der Waals surface area contributed by atoms with Crippen LogP contribution in [0.2, 0.25) is 0 Å². The predicted octanol–water partition coefficient (Wildman–Crippen LogP) is 2.78. The van der Waals surface area contributed by atoms with Crippen LogP contribution in [0.1, 0.15) is 28.2 Å². The average Bonchev–Trinajstić information content (AvgIpc) is 2.92. The van der Waals surface area contributed by atoms with Gasteiger partial charge in [0.2, 0.25) is 11.3 Å². The Hall–Kier alpha value is -4.25. The quantitative estimate of drug-likeness (QED) is 0.645. The van der Waals surface area contributed by atoms with Crippen LogP contribution in [0.15, 0.2) is 59.4 Å². The van der Waals surface area contributed by atoms with E-state index in [1.165, 1.54) is 10.7 Å². The second-order valence-corrected chi connectivity index (χ2v) is 7.25. The molecule has 0 fully saturated rings. The van der Waals surface area contributed by atoms with Crippen LogP contribution >= 0.6 is 0 Å². The number of fused-ring (bicyclic) bond motifs is 1. The van der Waals surface area contributed by atoms with Crippen LogP contribution in [-0.2, 0) is 11.2 Å². The topological polar surface area (TPSA) is 97.4 Å². The summed E-state index contributed by atoms with van der Waals surface area (Å²) in [5.74, 6) is -1.05. The van der Waals surface area contributed by atoms with E-state index >= 15 is 0 Å². The van der Waals surface area contributed by atoms with E-state index in [2.05, 4.69) is 20.6 Å². The maximum Gasteiger partial charge on any atom is 0.276 e. The van der Waals surface area contributed by atoms with Gasteiger partial charge in [0.05, 0.1) is 12.3 Å². The molecule has 1 unspecified atom stereocenters. The zero-order chi connectivity index (χ0) is 22.0. The molecule has 4 rings (SSSR count). The molecular weight excluding hydrogens is 394 g/mol. The number of hydrogen-bond donors (Lipinski definition) is 2. The number of carbonyl (C=O) groups excluding carboxylic acids is 2. The van der Waals surface area contributed by atoms with Crippen molar-refractivity contribution in [2.75, 3.05) is 5.32 Å². The fourth-order valence-corrected chi connectivity index (χ4v) is 3.54. The summed E-state index contributed by atoms with van der Waals surface area (Å²) in [6.07, 6.45) is 1.01. The first kappa shape index (κ1) is 20.0. The van der Waals surface area contributed by atoms with Crippen LogP contribution in [0.25, 0.3) is 10.5 Å². The summed E-state index contributed by atoms with van der Waals surface area (Å²) in [4.78, 5) is 41.3. The molecular formula is C23H19N5O3. The van der Waals surface area contributed by atoms with Crippen LogP contribution in [-0.4, -0.2) is 27.6 Å². The first-order valence-electron chi connectivity index (χ1n) is 9.75. The minimum absolute atomic E-state index is 0.312. The van der Waals surface area contributed by atoms with Gasteiger partial charge in [-0.2, -0.15) is 5.10 Å². The molecule has 1 aliphatic heterocycles. The monoisotopic (exact) mass is 413 g/mol. The van der Waals surface area contributed by atoms with Gasteiger partial charge in [0, 0.05) is 17.4 Å². The molecule has 8 heteroatoms. The first-order chi connectivity index (χ1) is 15.0. The highest BCUT2D eigenvalue weighted by Gasteiger charge is 2.27. The molecule has 2 N–H and O–H groups in total. The molecule has 0 spiro atoms. The van der Waals surface area contributed by atoms with Gasteiger partial charge in [-0.25, -0.2) is 9.53 Å². The summed E-state index contributed by atoms with van der Waals surface area (Å²) in [6, 6.07) is 14.7. The maximum atomic E-state index is 12.9. The average molecular weight is 413 g/mol. The standard InChI is InChI=1S/C23H19N5O3/c1-14-12-20(29)21(27-28(14)17-8-5-7-16(13-17)24-2)23(31)26-19-11-10-15-6-3-4-9-18(15)25-22(19)30/h3-9,12-13,19H,10-11H2,1H3,(H,25,30)(H,26,31). The Bertz CT molecular complexity index is 1290. The van der Waals surface area contributed by atoms with E-state index in [9.17, 15) is 14.4 Å².